The summed E-state index contributed by atoms with van der Waals surface area (Å²) in [5.41, 5.74) is 0.517. The lowest BCUT2D eigenvalue weighted by atomic mass is 9.98. The number of rotatable bonds is 1. The zero-order valence-corrected chi connectivity index (χ0v) is 15.0. The molecule has 2 amide bonds. The molecule has 3 aliphatic heterocycles. The second kappa shape index (κ2) is 5.98. The summed E-state index contributed by atoms with van der Waals surface area (Å²) in [4.78, 5) is 31.0. The Balaban J connectivity index is 1.39. The molecule has 5 rings (SSSR count). The van der Waals surface area contributed by atoms with Crippen LogP contribution in [-0.4, -0.2) is 62.5 Å². The van der Waals surface area contributed by atoms with Crippen molar-refractivity contribution in [2.75, 3.05) is 31.1 Å². The number of nitrogens with one attached hydrogen (secondary N) is 1. The van der Waals surface area contributed by atoms with Gasteiger partial charge in [-0.3, -0.25) is 0 Å². The minimum absolute atomic E-state index is 0.0361. The predicted octanol–water partition coefficient (Wildman–Crippen LogP) is 2.09. The fraction of sp³-hybridized carbons (Fsp3) is 0.474. The highest BCUT2D eigenvalue weighted by Crippen LogP contribution is 2.39. The number of carbonyl (C=O) groups excluding carboxylic acids is 1. The highest BCUT2D eigenvalue weighted by atomic mass is 16.2. The van der Waals surface area contributed by atoms with Crippen molar-refractivity contribution in [2.24, 2.45) is 5.92 Å². The first-order valence-electron chi connectivity index (χ1n) is 9.40. The van der Waals surface area contributed by atoms with E-state index in [1.165, 1.54) is 0 Å². The number of nitriles is 1. The monoisotopic (exact) mass is 363 g/mol. The molecule has 27 heavy (non-hydrogen) atoms. The van der Waals surface area contributed by atoms with E-state index in [1.807, 2.05) is 28.3 Å². The Morgan fingerprint density at radius 3 is 3.15 bits per heavy atom. The number of H-pyrrole nitrogens is 1. The van der Waals surface area contributed by atoms with Gasteiger partial charge >= 0.3 is 6.03 Å². The lowest BCUT2D eigenvalue weighted by Crippen LogP contribution is -2.53. The number of hydrogen-bond donors (Lipinski definition) is 1. The topological polar surface area (TPSA) is 92.2 Å². The van der Waals surface area contributed by atoms with Gasteiger partial charge in [0.25, 0.3) is 0 Å². The average molecular weight is 363 g/mol. The van der Waals surface area contributed by atoms with Crippen molar-refractivity contribution < 1.29 is 4.79 Å². The standard InChI is InChI=1S/C19H21N7O/c20-10-14-3-8-24(11-14)18(27)26-7-1-4-19(26)5-9-25(12-19)17-15-2-6-21-16(15)22-13-23-17/h2,5-6,9,13-14H,1,3-4,7-8,11-12H2,(H,21,22,23). The molecule has 0 aliphatic carbocycles. The largest absolute Gasteiger partial charge is 0.346 e. The van der Waals surface area contributed by atoms with Crippen molar-refractivity contribution >= 4 is 22.9 Å². The number of urea groups is 1. The number of aromatic nitrogens is 3. The van der Waals surface area contributed by atoms with E-state index in [-0.39, 0.29) is 17.5 Å². The van der Waals surface area contributed by atoms with E-state index in [0.29, 0.717) is 19.6 Å². The number of hydrogen-bond acceptors (Lipinski definition) is 5. The van der Waals surface area contributed by atoms with Crippen LogP contribution in [0.25, 0.3) is 11.0 Å². The fourth-order valence-electron chi connectivity index (χ4n) is 4.60. The van der Waals surface area contributed by atoms with Gasteiger partial charge in [0.05, 0.1) is 29.5 Å². The summed E-state index contributed by atoms with van der Waals surface area (Å²) < 4.78 is 0. The minimum Gasteiger partial charge on any atom is -0.346 e. The van der Waals surface area contributed by atoms with Gasteiger partial charge in [-0.25, -0.2) is 14.8 Å². The van der Waals surface area contributed by atoms with Gasteiger partial charge in [0.1, 0.15) is 17.8 Å². The lowest BCUT2D eigenvalue weighted by molar-refractivity contribution is 0.141. The smallest absolute Gasteiger partial charge is 0.320 e. The molecule has 5 heterocycles. The van der Waals surface area contributed by atoms with Gasteiger partial charge < -0.3 is 19.7 Å². The van der Waals surface area contributed by atoms with Gasteiger partial charge in [0.2, 0.25) is 0 Å². The van der Waals surface area contributed by atoms with Crippen LogP contribution in [0.4, 0.5) is 10.6 Å². The maximum absolute atomic E-state index is 13.1. The Morgan fingerprint density at radius 1 is 1.37 bits per heavy atom. The van der Waals surface area contributed by atoms with E-state index in [1.54, 1.807) is 6.33 Å². The van der Waals surface area contributed by atoms with E-state index in [2.05, 4.69) is 32.0 Å². The maximum Gasteiger partial charge on any atom is 0.320 e. The first kappa shape index (κ1) is 16.1. The Labute approximate surface area is 157 Å². The molecule has 2 saturated heterocycles. The molecule has 2 unspecified atom stereocenters. The molecule has 3 aliphatic rings. The summed E-state index contributed by atoms with van der Waals surface area (Å²) in [7, 11) is 0. The number of amides is 2. The van der Waals surface area contributed by atoms with E-state index < -0.39 is 0 Å². The number of carbonyl (C=O) groups is 1. The molecule has 2 aromatic rings. The van der Waals surface area contributed by atoms with Gasteiger partial charge in [-0.05, 0) is 31.4 Å². The number of anilines is 1. The Morgan fingerprint density at radius 2 is 2.30 bits per heavy atom. The Bertz CT molecular complexity index is 960. The number of fused-ring (bicyclic) bond motifs is 1. The fourth-order valence-corrected chi connectivity index (χ4v) is 4.60. The summed E-state index contributed by atoms with van der Waals surface area (Å²) >= 11 is 0. The molecule has 138 valence electrons. The van der Waals surface area contributed by atoms with Crippen LogP contribution in [0.3, 0.4) is 0 Å². The van der Waals surface area contributed by atoms with Crippen LogP contribution < -0.4 is 4.90 Å². The molecular weight excluding hydrogens is 342 g/mol. The van der Waals surface area contributed by atoms with Gasteiger partial charge in [-0.2, -0.15) is 5.26 Å². The van der Waals surface area contributed by atoms with Gasteiger partial charge in [0.15, 0.2) is 0 Å². The molecule has 1 N–H and O–H groups in total. The molecule has 0 bridgehead atoms. The van der Waals surface area contributed by atoms with Crippen LogP contribution in [-0.2, 0) is 0 Å². The third-order valence-corrected chi connectivity index (χ3v) is 6.02. The molecule has 2 atom stereocenters. The molecular formula is C19H21N7O. The maximum atomic E-state index is 13.1. The molecule has 0 aromatic carbocycles. The van der Waals surface area contributed by atoms with Crippen molar-refractivity contribution in [1.29, 1.82) is 5.26 Å². The minimum atomic E-state index is -0.296. The second-order valence-electron chi connectivity index (χ2n) is 7.58. The average Bonchev–Trinajstić information content (AvgIpc) is 3.48. The predicted molar refractivity (Wildman–Crippen MR) is 99.7 cm³/mol. The van der Waals surface area contributed by atoms with E-state index in [0.717, 1.165) is 42.7 Å². The normalized spacial score (nSPS) is 27.2. The van der Waals surface area contributed by atoms with Crippen molar-refractivity contribution in [3.05, 3.63) is 30.9 Å². The molecule has 8 nitrogen and oxygen atoms in total. The van der Waals surface area contributed by atoms with Crippen LogP contribution in [0.5, 0.6) is 0 Å². The zero-order chi connectivity index (χ0) is 18.4. The van der Waals surface area contributed by atoms with Crippen molar-refractivity contribution in [2.45, 2.75) is 24.8 Å². The first-order valence-corrected chi connectivity index (χ1v) is 9.40. The summed E-state index contributed by atoms with van der Waals surface area (Å²) in [5.74, 6) is 0.824. The lowest BCUT2D eigenvalue weighted by Gasteiger charge is -2.37. The molecule has 2 aromatic heterocycles. The third kappa shape index (κ3) is 2.46. The van der Waals surface area contributed by atoms with Gasteiger partial charge in [-0.15, -0.1) is 0 Å². The molecule has 2 fully saturated rings. The number of aromatic amines is 1. The van der Waals surface area contributed by atoms with Crippen LogP contribution in [0.1, 0.15) is 19.3 Å². The molecule has 0 saturated carbocycles. The van der Waals surface area contributed by atoms with Crippen molar-refractivity contribution in [3.63, 3.8) is 0 Å². The van der Waals surface area contributed by atoms with Crippen LogP contribution in [0.2, 0.25) is 0 Å². The molecule has 0 radical (unpaired) electrons. The van der Waals surface area contributed by atoms with Gasteiger partial charge in [-0.1, -0.05) is 0 Å². The summed E-state index contributed by atoms with van der Waals surface area (Å²) in [6, 6.07) is 4.33. The highest BCUT2D eigenvalue weighted by Gasteiger charge is 2.47. The Hall–Kier alpha value is -3.08. The second-order valence-corrected chi connectivity index (χ2v) is 7.58. The molecule has 8 heteroatoms. The first-order chi connectivity index (χ1) is 13.2. The van der Waals surface area contributed by atoms with Crippen molar-refractivity contribution in [1.82, 2.24) is 24.8 Å². The van der Waals surface area contributed by atoms with E-state index in [4.69, 9.17) is 5.26 Å². The quantitative estimate of drug-likeness (QED) is 0.837. The van der Waals surface area contributed by atoms with Gasteiger partial charge in [0, 0.05) is 32.0 Å². The van der Waals surface area contributed by atoms with Crippen molar-refractivity contribution in [3.8, 4) is 6.07 Å². The van der Waals surface area contributed by atoms with Crippen LogP contribution in [0, 0.1) is 17.2 Å². The summed E-state index contributed by atoms with van der Waals surface area (Å²) in [5, 5.41) is 10.1. The SMILES string of the molecule is N#CC1CCN(C(=O)N2CCCC23C=CN(c2ncnc4[nH]ccc24)C3)C1. The van der Waals surface area contributed by atoms with Crippen LogP contribution in [0.15, 0.2) is 30.9 Å². The summed E-state index contributed by atoms with van der Waals surface area (Å²) in [6.45, 7) is 2.68. The van der Waals surface area contributed by atoms with E-state index >= 15 is 0 Å². The third-order valence-electron chi connectivity index (χ3n) is 6.02. The zero-order valence-electron chi connectivity index (χ0n) is 15.0. The number of nitrogens with zero attached hydrogens (tertiary/aromatic N) is 6. The number of likely N-dealkylation sites (tertiary alicyclic amines) is 2. The van der Waals surface area contributed by atoms with Crippen LogP contribution >= 0.6 is 0 Å². The molecule has 1 spiro atoms. The van der Waals surface area contributed by atoms with E-state index in [9.17, 15) is 4.79 Å². The highest BCUT2D eigenvalue weighted by molar-refractivity contribution is 5.88. The Kier molecular flexibility index (Phi) is 3.57. The summed E-state index contributed by atoms with van der Waals surface area (Å²) in [6.07, 6.45) is 10.3.